The lowest BCUT2D eigenvalue weighted by atomic mass is 10.1. The van der Waals surface area contributed by atoms with Gasteiger partial charge in [-0.1, -0.05) is 26.7 Å². The van der Waals surface area contributed by atoms with Crippen molar-refractivity contribution in [3.05, 3.63) is 0 Å². The molecular weight excluding hydrogens is 188 g/mol. The van der Waals surface area contributed by atoms with Gasteiger partial charge in [0, 0.05) is 5.54 Å². The van der Waals surface area contributed by atoms with Crippen LogP contribution < -0.4 is 5.43 Å². The van der Waals surface area contributed by atoms with E-state index in [1.54, 1.807) is 0 Å². The molecule has 1 unspecified atom stereocenters. The van der Waals surface area contributed by atoms with Crippen molar-refractivity contribution in [2.75, 3.05) is 0 Å². The highest BCUT2D eigenvalue weighted by Crippen LogP contribution is 2.06. The van der Waals surface area contributed by atoms with E-state index in [9.17, 15) is 5.11 Å². The number of hydrogen-bond donors (Lipinski definition) is 2. The van der Waals surface area contributed by atoms with Crippen molar-refractivity contribution in [1.82, 2.24) is 5.43 Å². The molecule has 0 aliphatic rings. The molecule has 0 aliphatic heterocycles. The fourth-order valence-electron chi connectivity index (χ4n) is 1.23. The third-order valence-corrected chi connectivity index (χ3v) is 1.99. The second-order valence-corrected chi connectivity index (χ2v) is 5.02. The number of hydrazone groups is 1. The third kappa shape index (κ3) is 7.37. The molecule has 1 atom stereocenters. The van der Waals surface area contributed by atoms with Gasteiger partial charge < -0.3 is 10.5 Å². The molecule has 0 bridgehead atoms. The molecule has 0 heterocycles. The maximum atomic E-state index is 9.87. The molecule has 3 heteroatoms. The van der Waals surface area contributed by atoms with Crippen molar-refractivity contribution < 1.29 is 5.11 Å². The minimum atomic E-state index is -0.384. The monoisotopic (exact) mass is 214 g/mol. The lowest BCUT2D eigenvalue weighted by Crippen LogP contribution is -2.34. The summed E-state index contributed by atoms with van der Waals surface area (Å²) in [5.41, 5.74) is 3.92. The zero-order chi connectivity index (χ0) is 11.9. The van der Waals surface area contributed by atoms with Gasteiger partial charge in [-0.2, -0.15) is 5.10 Å². The summed E-state index contributed by atoms with van der Waals surface area (Å²) in [4.78, 5) is 0. The molecule has 0 saturated heterocycles. The van der Waals surface area contributed by atoms with Crippen molar-refractivity contribution in [2.45, 2.75) is 71.9 Å². The van der Waals surface area contributed by atoms with Gasteiger partial charge in [0.25, 0.3) is 0 Å². The zero-order valence-corrected chi connectivity index (χ0v) is 10.8. The molecule has 0 spiro atoms. The predicted octanol–water partition coefficient (Wildman–Crippen LogP) is 2.69. The van der Waals surface area contributed by atoms with Crippen LogP contribution in [0.3, 0.4) is 0 Å². The number of nitrogens with zero attached hydrogens (tertiary/aromatic N) is 1. The van der Waals surface area contributed by atoms with E-state index in [2.05, 4.69) is 45.1 Å². The molecule has 0 aliphatic carbocycles. The Morgan fingerprint density at radius 2 is 1.87 bits per heavy atom. The summed E-state index contributed by atoms with van der Waals surface area (Å²) in [6, 6.07) is 0. The molecule has 0 amide bonds. The molecule has 0 fully saturated rings. The van der Waals surface area contributed by atoms with Crippen LogP contribution in [0.5, 0.6) is 0 Å². The second-order valence-electron chi connectivity index (χ2n) is 5.02. The van der Waals surface area contributed by atoms with Crippen molar-refractivity contribution in [3.8, 4) is 0 Å². The van der Waals surface area contributed by atoms with E-state index in [1.807, 2.05) is 0 Å². The topological polar surface area (TPSA) is 44.6 Å². The van der Waals surface area contributed by atoms with E-state index < -0.39 is 0 Å². The van der Waals surface area contributed by atoms with Crippen LogP contribution in [0, 0.1) is 0 Å². The fraction of sp³-hybridized carbons (Fsp3) is 0.917. The standard InChI is InChI=1S/C12H26N2O/c1-6-8-10(11(15)9-7-2)13-14-12(3,4)5/h11,14-15H,6-9H2,1-5H3/b13-10-. The Labute approximate surface area is 94.0 Å². The van der Waals surface area contributed by atoms with Gasteiger partial charge in [-0.05, 0) is 33.6 Å². The summed E-state index contributed by atoms with van der Waals surface area (Å²) < 4.78 is 0. The smallest absolute Gasteiger partial charge is 0.0938 e. The van der Waals surface area contributed by atoms with Gasteiger partial charge in [0.2, 0.25) is 0 Å². The van der Waals surface area contributed by atoms with Gasteiger partial charge in [-0.15, -0.1) is 0 Å². The Hall–Kier alpha value is -0.570. The summed E-state index contributed by atoms with van der Waals surface area (Å²) >= 11 is 0. The van der Waals surface area contributed by atoms with Gasteiger partial charge in [0.05, 0.1) is 11.8 Å². The lowest BCUT2D eigenvalue weighted by Gasteiger charge is -2.20. The minimum absolute atomic E-state index is 0.0368. The average Bonchev–Trinajstić information content (AvgIpc) is 2.11. The Morgan fingerprint density at radius 1 is 1.27 bits per heavy atom. The van der Waals surface area contributed by atoms with Gasteiger partial charge in [-0.25, -0.2) is 0 Å². The minimum Gasteiger partial charge on any atom is -0.387 e. The summed E-state index contributed by atoms with van der Waals surface area (Å²) in [5, 5.41) is 14.2. The molecule has 3 nitrogen and oxygen atoms in total. The molecule has 0 rings (SSSR count). The van der Waals surface area contributed by atoms with Crippen LogP contribution in [-0.2, 0) is 0 Å². The highest BCUT2D eigenvalue weighted by molar-refractivity contribution is 5.88. The highest BCUT2D eigenvalue weighted by atomic mass is 16.3. The first-order chi connectivity index (χ1) is 6.90. The number of aliphatic hydroxyl groups is 1. The average molecular weight is 214 g/mol. The van der Waals surface area contributed by atoms with Crippen LogP contribution in [0.15, 0.2) is 5.10 Å². The second kappa shape index (κ2) is 6.83. The molecule has 0 saturated carbocycles. The largest absolute Gasteiger partial charge is 0.387 e. The first-order valence-electron chi connectivity index (χ1n) is 5.92. The van der Waals surface area contributed by atoms with E-state index in [0.29, 0.717) is 0 Å². The first kappa shape index (κ1) is 14.4. The number of aliphatic hydroxyl groups excluding tert-OH is 1. The molecule has 90 valence electrons. The van der Waals surface area contributed by atoms with Gasteiger partial charge in [-0.3, -0.25) is 0 Å². The summed E-state index contributed by atoms with van der Waals surface area (Å²) in [5.74, 6) is 0. The summed E-state index contributed by atoms with van der Waals surface area (Å²) in [6.45, 7) is 10.4. The zero-order valence-electron chi connectivity index (χ0n) is 10.8. The lowest BCUT2D eigenvalue weighted by molar-refractivity contribution is 0.225. The number of nitrogens with one attached hydrogen (secondary N) is 1. The molecule has 0 radical (unpaired) electrons. The van der Waals surface area contributed by atoms with E-state index in [1.165, 1.54) is 0 Å². The summed E-state index contributed by atoms with van der Waals surface area (Å²) in [7, 11) is 0. The molecule has 0 aromatic heterocycles. The van der Waals surface area contributed by atoms with Gasteiger partial charge in [0.15, 0.2) is 0 Å². The maximum Gasteiger partial charge on any atom is 0.0938 e. The van der Waals surface area contributed by atoms with Crippen LogP contribution in [0.2, 0.25) is 0 Å². The van der Waals surface area contributed by atoms with Crippen LogP contribution in [0.4, 0.5) is 0 Å². The van der Waals surface area contributed by atoms with Crippen molar-refractivity contribution >= 4 is 5.71 Å². The van der Waals surface area contributed by atoms with Crippen LogP contribution in [0.1, 0.15) is 60.3 Å². The van der Waals surface area contributed by atoms with E-state index in [4.69, 9.17) is 0 Å². The molecule has 0 aromatic carbocycles. The first-order valence-corrected chi connectivity index (χ1v) is 5.92. The third-order valence-electron chi connectivity index (χ3n) is 1.99. The van der Waals surface area contributed by atoms with Crippen molar-refractivity contribution in [2.24, 2.45) is 5.10 Å². The van der Waals surface area contributed by atoms with Gasteiger partial charge in [0.1, 0.15) is 0 Å². The number of rotatable bonds is 6. The van der Waals surface area contributed by atoms with Crippen LogP contribution in [-0.4, -0.2) is 22.5 Å². The number of hydrogen-bond acceptors (Lipinski definition) is 3. The predicted molar refractivity (Wildman–Crippen MR) is 66.1 cm³/mol. The van der Waals surface area contributed by atoms with Crippen molar-refractivity contribution in [3.63, 3.8) is 0 Å². The Bertz CT molecular complexity index is 194. The quantitative estimate of drug-likeness (QED) is 0.527. The Morgan fingerprint density at radius 3 is 2.27 bits per heavy atom. The van der Waals surface area contributed by atoms with E-state index >= 15 is 0 Å². The molecule has 0 aromatic rings. The highest BCUT2D eigenvalue weighted by Gasteiger charge is 2.13. The molecule has 2 N–H and O–H groups in total. The normalized spacial score (nSPS) is 15.2. The SMILES string of the molecule is CCC/C(=N/NC(C)(C)C)C(O)CCC. The van der Waals surface area contributed by atoms with Crippen LogP contribution in [0.25, 0.3) is 0 Å². The van der Waals surface area contributed by atoms with Gasteiger partial charge >= 0.3 is 0 Å². The molecule has 15 heavy (non-hydrogen) atoms. The molecular formula is C12H26N2O. The van der Waals surface area contributed by atoms with Crippen molar-refractivity contribution in [1.29, 1.82) is 0 Å². The Balaban J connectivity index is 4.36. The van der Waals surface area contributed by atoms with E-state index in [-0.39, 0.29) is 11.6 Å². The fourth-order valence-corrected chi connectivity index (χ4v) is 1.23. The van der Waals surface area contributed by atoms with E-state index in [0.717, 1.165) is 31.4 Å². The Kier molecular flexibility index (Phi) is 6.57. The van der Waals surface area contributed by atoms with Crippen LogP contribution >= 0.6 is 0 Å². The maximum absolute atomic E-state index is 9.87. The summed E-state index contributed by atoms with van der Waals surface area (Å²) in [6.07, 6.45) is 3.28.